The maximum absolute atomic E-state index is 13.3. The first-order chi connectivity index (χ1) is 10.2. The Morgan fingerprint density at radius 3 is 2.52 bits per heavy atom. The van der Waals surface area contributed by atoms with Gasteiger partial charge in [0.15, 0.2) is 11.6 Å². The fraction of sp³-hybridized carbons (Fsp3) is 0.235. The van der Waals surface area contributed by atoms with Crippen LogP contribution >= 0.6 is 0 Å². The van der Waals surface area contributed by atoms with Crippen LogP contribution in [0.5, 0.6) is 0 Å². The van der Waals surface area contributed by atoms with Gasteiger partial charge in [0, 0.05) is 18.7 Å². The van der Waals surface area contributed by atoms with E-state index >= 15 is 0 Å². The summed E-state index contributed by atoms with van der Waals surface area (Å²) in [6, 6.07) is 12.7. The summed E-state index contributed by atoms with van der Waals surface area (Å²) in [5.41, 5.74) is 2.46. The van der Waals surface area contributed by atoms with E-state index in [1.165, 1.54) is 11.6 Å². The van der Waals surface area contributed by atoms with Gasteiger partial charge in [-0.1, -0.05) is 30.3 Å². The molecule has 1 heterocycles. The van der Waals surface area contributed by atoms with E-state index in [2.05, 4.69) is 17.1 Å². The molecule has 0 amide bonds. The topological polar surface area (TPSA) is 17.8 Å². The highest BCUT2D eigenvalue weighted by Gasteiger charge is 2.08. The highest BCUT2D eigenvalue weighted by atomic mass is 19.2. The van der Waals surface area contributed by atoms with Crippen molar-refractivity contribution in [2.24, 2.45) is 0 Å². The van der Waals surface area contributed by atoms with Gasteiger partial charge in [0.25, 0.3) is 0 Å². The summed E-state index contributed by atoms with van der Waals surface area (Å²) in [6.07, 6.45) is 4.69. The van der Waals surface area contributed by atoms with Crippen LogP contribution in [0.2, 0.25) is 0 Å². The smallest absolute Gasteiger partial charge is 0.161 e. The van der Waals surface area contributed by atoms with E-state index in [0.717, 1.165) is 31.9 Å². The van der Waals surface area contributed by atoms with Gasteiger partial charge >= 0.3 is 0 Å². The molecule has 2 aromatic carbocycles. The lowest BCUT2D eigenvalue weighted by atomic mass is 10.1. The number of imidazole rings is 1. The Balaban J connectivity index is 1.62. The number of fused-ring (bicyclic) bond motifs is 1. The zero-order valence-electron chi connectivity index (χ0n) is 11.6. The van der Waals surface area contributed by atoms with Gasteiger partial charge in [0.05, 0.1) is 17.4 Å². The van der Waals surface area contributed by atoms with Crippen LogP contribution in [0.3, 0.4) is 0 Å². The first-order valence-corrected chi connectivity index (χ1v) is 7.08. The third-order valence-electron chi connectivity index (χ3n) is 3.62. The number of aromatic nitrogens is 2. The summed E-state index contributed by atoms with van der Waals surface area (Å²) < 4.78 is 28.3. The number of hydrogen-bond donors (Lipinski definition) is 0. The summed E-state index contributed by atoms with van der Waals surface area (Å²) >= 11 is 0. The van der Waals surface area contributed by atoms with Crippen LogP contribution in [0, 0.1) is 11.6 Å². The first-order valence-electron chi connectivity index (χ1n) is 7.08. The van der Waals surface area contributed by atoms with Gasteiger partial charge in [-0.25, -0.2) is 13.8 Å². The van der Waals surface area contributed by atoms with E-state index < -0.39 is 11.6 Å². The summed E-state index contributed by atoms with van der Waals surface area (Å²) in [7, 11) is 0. The van der Waals surface area contributed by atoms with Crippen molar-refractivity contribution in [1.82, 2.24) is 9.55 Å². The molecule has 0 aliphatic carbocycles. The van der Waals surface area contributed by atoms with Gasteiger partial charge in [0.2, 0.25) is 0 Å². The number of hydrogen-bond acceptors (Lipinski definition) is 1. The Hall–Kier alpha value is -2.23. The second-order valence-electron chi connectivity index (χ2n) is 5.14. The van der Waals surface area contributed by atoms with Gasteiger partial charge in [-0.2, -0.15) is 0 Å². The minimum absolute atomic E-state index is 0.497. The molecule has 21 heavy (non-hydrogen) atoms. The monoisotopic (exact) mass is 286 g/mol. The van der Waals surface area contributed by atoms with E-state index in [1.54, 1.807) is 6.33 Å². The normalized spacial score (nSPS) is 11.1. The molecule has 1 aromatic heterocycles. The third kappa shape index (κ3) is 3.10. The standard InChI is InChI=1S/C17H16F2N2/c18-14-10-16-17(11-15(14)19)21(12-20-16)9-5-4-8-13-6-2-1-3-7-13/h1-3,6-7,10-12H,4-5,8-9H2. The van der Waals surface area contributed by atoms with Crippen LogP contribution in [0.4, 0.5) is 8.78 Å². The SMILES string of the molecule is Fc1cc2ncn(CCCCc3ccccc3)c2cc1F. The molecular formula is C17H16F2N2. The molecule has 0 aliphatic rings. The Kier molecular flexibility index (Phi) is 3.95. The Morgan fingerprint density at radius 1 is 0.952 bits per heavy atom. The minimum Gasteiger partial charge on any atom is -0.331 e. The van der Waals surface area contributed by atoms with Crippen LogP contribution in [0.25, 0.3) is 11.0 Å². The molecule has 0 atom stereocenters. The van der Waals surface area contributed by atoms with Crippen LogP contribution in [-0.4, -0.2) is 9.55 Å². The molecule has 0 saturated carbocycles. The number of halogens is 2. The predicted octanol–water partition coefficient (Wildman–Crippen LogP) is 4.34. The molecule has 0 bridgehead atoms. The molecule has 0 saturated heterocycles. The molecule has 0 fully saturated rings. The van der Waals surface area contributed by atoms with Crippen molar-refractivity contribution < 1.29 is 8.78 Å². The van der Waals surface area contributed by atoms with Gasteiger partial charge in [0.1, 0.15) is 0 Å². The molecule has 2 nitrogen and oxygen atoms in total. The summed E-state index contributed by atoms with van der Waals surface area (Å²) in [5.74, 6) is -1.68. The predicted molar refractivity (Wildman–Crippen MR) is 79.0 cm³/mol. The Morgan fingerprint density at radius 2 is 1.71 bits per heavy atom. The van der Waals surface area contributed by atoms with Gasteiger partial charge < -0.3 is 4.57 Å². The second-order valence-corrected chi connectivity index (χ2v) is 5.14. The number of aryl methyl sites for hydroxylation is 2. The number of benzene rings is 2. The van der Waals surface area contributed by atoms with Crippen LogP contribution < -0.4 is 0 Å². The van der Waals surface area contributed by atoms with Crippen molar-refractivity contribution in [2.45, 2.75) is 25.8 Å². The molecule has 108 valence electrons. The number of unbranched alkanes of at least 4 members (excludes halogenated alkanes) is 1. The van der Waals surface area contributed by atoms with Crippen LogP contribution in [-0.2, 0) is 13.0 Å². The Labute approximate surface area is 122 Å². The number of rotatable bonds is 5. The summed E-state index contributed by atoms with van der Waals surface area (Å²) in [4.78, 5) is 4.11. The molecule has 4 heteroatoms. The van der Waals surface area contributed by atoms with Crippen molar-refractivity contribution in [1.29, 1.82) is 0 Å². The quantitative estimate of drug-likeness (QED) is 0.638. The van der Waals surface area contributed by atoms with E-state index in [0.29, 0.717) is 11.0 Å². The van der Waals surface area contributed by atoms with E-state index in [9.17, 15) is 8.78 Å². The average Bonchev–Trinajstić information content (AvgIpc) is 2.87. The lowest BCUT2D eigenvalue weighted by Crippen LogP contribution is -1.98. The fourth-order valence-electron chi connectivity index (χ4n) is 2.49. The second kappa shape index (κ2) is 6.04. The van der Waals surface area contributed by atoms with Crippen molar-refractivity contribution >= 4 is 11.0 Å². The zero-order chi connectivity index (χ0) is 14.7. The lowest BCUT2D eigenvalue weighted by molar-refractivity contribution is 0.510. The van der Waals surface area contributed by atoms with Crippen molar-refractivity contribution in [2.75, 3.05) is 0 Å². The van der Waals surface area contributed by atoms with Crippen molar-refractivity contribution in [3.63, 3.8) is 0 Å². The van der Waals surface area contributed by atoms with E-state index in [4.69, 9.17) is 0 Å². The van der Waals surface area contributed by atoms with Gasteiger partial charge in [-0.15, -0.1) is 0 Å². The molecule has 3 aromatic rings. The lowest BCUT2D eigenvalue weighted by Gasteiger charge is -2.05. The van der Waals surface area contributed by atoms with Gasteiger partial charge in [-0.3, -0.25) is 0 Å². The van der Waals surface area contributed by atoms with E-state index in [1.807, 2.05) is 22.8 Å². The van der Waals surface area contributed by atoms with Gasteiger partial charge in [-0.05, 0) is 24.8 Å². The molecule has 3 rings (SSSR count). The molecule has 0 aliphatic heterocycles. The number of nitrogens with zero attached hydrogens (tertiary/aromatic N) is 2. The highest BCUT2D eigenvalue weighted by Crippen LogP contribution is 2.18. The summed E-state index contributed by atoms with van der Waals surface area (Å²) in [5, 5.41) is 0. The van der Waals surface area contributed by atoms with Crippen LogP contribution in [0.1, 0.15) is 18.4 Å². The van der Waals surface area contributed by atoms with E-state index in [-0.39, 0.29) is 0 Å². The molecule has 0 spiro atoms. The van der Waals surface area contributed by atoms with Crippen molar-refractivity contribution in [3.05, 3.63) is 66.0 Å². The third-order valence-corrected chi connectivity index (χ3v) is 3.62. The average molecular weight is 286 g/mol. The van der Waals surface area contributed by atoms with Crippen molar-refractivity contribution in [3.8, 4) is 0 Å². The minimum atomic E-state index is -0.850. The Bertz CT molecular complexity index is 735. The molecule has 0 N–H and O–H groups in total. The molecular weight excluding hydrogens is 270 g/mol. The zero-order valence-corrected chi connectivity index (χ0v) is 11.6. The van der Waals surface area contributed by atoms with Crippen LogP contribution in [0.15, 0.2) is 48.8 Å². The first kappa shape index (κ1) is 13.7. The maximum Gasteiger partial charge on any atom is 0.161 e. The largest absolute Gasteiger partial charge is 0.331 e. The fourth-order valence-corrected chi connectivity index (χ4v) is 2.49. The molecule has 0 radical (unpaired) electrons. The highest BCUT2D eigenvalue weighted by molar-refractivity contribution is 5.75. The maximum atomic E-state index is 13.3. The molecule has 0 unspecified atom stereocenters. The summed E-state index contributed by atoms with van der Waals surface area (Å²) in [6.45, 7) is 0.758.